The summed E-state index contributed by atoms with van der Waals surface area (Å²) in [7, 11) is 1.76. The highest BCUT2D eigenvalue weighted by Crippen LogP contribution is 2.25. The Hall–Kier alpha value is -2.44. The van der Waals surface area contributed by atoms with E-state index in [0.29, 0.717) is 24.0 Å². The highest BCUT2D eigenvalue weighted by molar-refractivity contribution is 6.00. The molecule has 1 amide bonds. The van der Waals surface area contributed by atoms with Crippen LogP contribution in [-0.4, -0.2) is 52.3 Å². The van der Waals surface area contributed by atoms with Crippen molar-refractivity contribution in [3.8, 4) is 11.1 Å². The van der Waals surface area contributed by atoms with E-state index in [1.807, 2.05) is 44.2 Å². The number of piperidine rings is 1. The highest BCUT2D eigenvalue weighted by Gasteiger charge is 2.30. The van der Waals surface area contributed by atoms with Gasteiger partial charge in [-0.1, -0.05) is 30.3 Å². The molecule has 6 heteroatoms. The van der Waals surface area contributed by atoms with Crippen LogP contribution < -0.4 is 10.9 Å². The van der Waals surface area contributed by atoms with Crippen molar-refractivity contribution in [2.45, 2.75) is 44.9 Å². The molecule has 3 rings (SSSR count). The van der Waals surface area contributed by atoms with Crippen LogP contribution in [0.4, 0.5) is 0 Å². The van der Waals surface area contributed by atoms with Gasteiger partial charge in [0, 0.05) is 30.9 Å². The average Bonchev–Trinajstić information content (AvgIpc) is 2.69. The number of aliphatic hydroxyl groups is 1. The zero-order valence-corrected chi connectivity index (χ0v) is 16.8. The fourth-order valence-electron chi connectivity index (χ4n) is 3.52. The van der Waals surface area contributed by atoms with Gasteiger partial charge in [0.05, 0.1) is 17.7 Å². The van der Waals surface area contributed by atoms with Crippen molar-refractivity contribution >= 4 is 5.91 Å². The van der Waals surface area contributed by atoms with Gasteiger partial charge < -0.3 is 19.9 Å². The number of aromatic nitrogens is 1. The van der Waals surface area contributed by atoms with E-state index in [4.69, 9.17) is 0 Å². The number of hydrogen-bond donors (Lipinski definition) is 2. The molecule has 2 heterocycles. The molecule has 1 saturated heterocycles. The van der Waals surface area contributed by atoms with Crippen LogP contribution >= 0.6 is 0 Å². The third-order valence-corrected chi connectivity index (χ3v) is 5.54. The van der Waals surface area contributed by atoms with Crippen molar-refractivity contribution in [3.63, 3.8) is 0 Å². The molecule has 1 fully saturated rings. The molecule has 1 aliphatic rings. The molecule has 1 aromatic heterocycles. The van der Waals surface area contributed by atoms with Gasteiger partial charge in [0.15, 0.2) is 0 Å². The number of hydrogen-bond acceptors (Lipinski definition) is 4. The molecule has 0 aliphatic carbocycles. The number of nitrogens with one attached hydrogen (secondary N) is 1. The van der Waals surface area contributed by atoms with E-state index < -0.39 is 5.60 Å². The summed E-state index contributed by atoms with van der Waals surface area (Å²) >= 11 is 0. The number of rotatable bonds is 5. The minimum atomic E-state index is -0.937. The van der Waals surface area contributed by atoms with E-state index in [0.717, 1.165) is 18.7 Å². The van der Waals surface area contributed by atoms with E-state index in [-0.39, 0.29) is 24.1 Å². The lowest BCUT2D eigenvalue weighted by molar-refractivity contribution is -0.00625. The van der Waals surface area contributed by atoms with Crippen molar-refractivity contribution in [2.75, 3.05) is 20.1 Å². The number of carbonyl (C=O) groups excluding carboxylic acids is 1. The average molecular weight is 383 g/mol. The Morgan fingerprint density at radius 3 is 2.50 bits per heavy atom. The van der Waals surface area contributed by atoms with Crippen LogP contribution in [0.3, 0.4) is 0 Å². The molecule has 1 aromatic carbocycles. The zero-order chi connectivity index (χ0) is 20.3. The van der Waals surface area contributed by atoms with Gasteiger partial charge in [-0.25, -0.2) is 0 Å². The van der Waals surface area contributed by atoms with Gasteiger partial charge in [0.2, 0.25) is 0 Å². The number of amides is 1. The van der Waals surface area contributed by atoms with Crippen LogP contribution in [0.15, 0.2) is 47.4 Å². The summed E-state index contributed by atoms with van der Waals surface area (Å²) < 4.78 is 1.49. The van der Waals surface area contributed by atoms with Crippen LogP contribution in [0.25, 0.3) is 11.1 Å². The van der Waals surface area contributed by atoms with E-state index in [9.17, 15) is 14.7 Å². The molecule has 1 aliphatic heterocycles. The van der Waals surface area contributed by atoms with Gasteiger partial charge >= 0.3 is 0 Å². The van der Waals surface area contributed by atoms with Gasteiger partial charge in [-0.3, -0.25) is 9.59 Å². The standard InChI is InChI=1S/C22H29N3O3/c1-16(2)24(3)21(27)19-14-25(15-22(28)9-11-23-12-10-22)20(26)13-18(19)17-7-5-4-6-8-17/h4-8,13-14,16,23,28H,9-12,15H2,1-3H3. The van der Waals surface area contributed by atoms with E-state index >= 15 is 0 Å². The summed E-state index contributed by atoms with van der Waals surface area (Å²) in [4.78, 5) is 27.6. The molecule has 28 heavy (non-hydrogen) atoms. The quantitative estimate of drug-likeness (QED) is 0.829. The van der Waals surface area contributed by atoms with E-state index in [2.05, 4.69) is 5.32 Å². The van der Waals surface area contributed by atoms with Crippen molar-refractivity contribution in [3.05, 3.63) is 58.5 Å². The second kappa shape index (κ2) is 8.29. The summed E-state index contributed by atoms with van der Waals surface area (Å²) in [5, 5.41) is 14.1. The summed E-state index contributed by atoms with van der Waals surface area (Å²) in [6.45, 7) is 5.53. The SMILES string of the molecule is CC(C)N(C)C(=O)c1cn(CC2(O)CCNCC2)c(=O)cc1-c1ccccc1. The second-order valence-corrected chi connectivity index (χ2v) is 7.92. The Morgan fingerprint density at radius 1 is 1.25 bits per heavy atom. The molecule has 0 radical (unpaired) electrons. The number of nitrogens with zero attached hydrogens (tertiary/aromatic N) is 2. The maximum Gasteiger partial charge on any atom is 0.255 e. The summed E-state index contributed by atoms with van der Waals surface area (Å²) in [5.74, 6) is -0.139. The van der Waals surface area contributed by atoms with Gasteiger partial charge in [0.1, 0.15) is 0 Å². The van der Waals surface area contributed by atoms with Crippen molar-refractivity contribution in [1.82, 2.24) is 14.8 Å². The first kappa shape index (κ1) is 20.3. The van der Waals surface area contributed by atoms with Crippen molar-refractivity contribution in [2.24, 2.45) is 0 Å². The number of pyridine rings is 1. The minimum absolute atomic E-state index is 0.0325. The Balaban J connectivity index is 2.07. The first-order valence-electron chi connectivity index (χ1n) is 9.81. The summed E-state index contributed by atoms with van der Waals surface area (Å²) in [5.41, 5.74) is 0.770. The molecular formula is C22H29N3O3. The molecule has 0 bridgehead atoms. The Labute approximate surface area is 165 Å². The Morgan fingerprint density at radius 2 is 1.89 bits per heavy atom. The predicted molar refractivity (Wildman–Crippen MR) is 110 cm³/mol. The third-order valence-electron chi connectivity index (χ3n) is 5.54. The third kappa shape index (κ3) is 4.34. The molecule has 0 spiro atoms. The number of benzene rings is 1. The molecular weight excluding hydrogens is 354 g/mol. The van der Waals surface area contributed by atoms with Crippen LogP contribution in [0.2, 0.25) is 0 Å². The van der Waals surface area contributed by atoms with Crippen LogP contribution in [0, 0.1) is 0 Å². The smallest absolute Gasteiger partial charge is 0.255 e. The molecule has 0 saturated carbocycles. The lowest BCUT2D eigenvalue weighted by atomic mass is 9.92. The lowest BCUT2D eigenvalue weighted by Gasteiger charge is -2.33. The Kier molecular flexibility index (Phi) is 6.01. The molecule has 0 unspecified atom stereocenters. The van der Waals surface area contributed by atoms with Crippen LogP contribution in [-0.2, 0) is 6.54 Å². The maximum absolute atomic E-state index is 13.2. The largest absolute Gasteiger partial charge is 0.388 e. The minimum Gasteiger partial charge on any atom is -0.388 e. The first-order valence-corrected chi connectivity index (χ1v) is 9.81. The normalized spacial score (nSPS) is 16.2. The van der Waals surface area contributed by atoms with E-state index in [1.165, 1.54) is 10.6 Å². The fourth-order valence-corrected chi connectivity index (χ4v) is 3.52. The molecule has 2 N–H and O–H groups in total. The van der Waals surface area contributed by atoms with Crippen LogP contribution in [0.1, 0.15) is 37.0 Å². The van der Waals surface area contributed by atoms with E-state index in [1.54, 1.807) is 18.1 Å². The molecule has 0 atom stereocenters. The summed E-state index contributed by atoms with van der Waals surface area (Å²) in [6.07, 6.45) is 2.77. The topological polar surface area (TPSA) is 74.6 Å². The molecule has 2 aromatic rings. The van der Waals surface area contributed by atoms with Gasteiger partial charge in [-0.05, 0) is 45.3 Å². The zero-order valence-electron chi connectivity index (χ0n) is 16.8. The van der Waals surface area contributed by atoms with Crippen molar-refractivity contribution < 1.29 is 9.90 Å². The second-order valence-electron chi connectivity index (χ2n) is 7.92. The predicted octanol–water partition coefficient (Wildman–Crippen LogP) is 2.11. The monoisotopic (exact) mass is 383 g/mol. The fraction of sp³-hybridized carbons (Fsp3) is 0.455. The maximum atomic E-state index is 13.2. The van der Waals surface area contributed by atoms with Crippen LogP contribution in [0.5, 0.6) is 0 Å². The molecule has 6 nitrogen and oxygen atoms in total. The Bertz CT molecular complexity index is 884. The van der Waals surface area contributed by atoms with Crippen molar-refractivity contribution in [1.29, 1.82) is 0 Å². The lowest BCUT2D eigenvalue weighted by Crippen LogP contribution is -2.46. The first-order chi connectivity index (χ1) is 13.3. The summed E-state index contributed by atoms with van der Waals surface area (Å²) in [6, 6.07) is 11.0. The number of carbonyl (C=O) groups is 1. The highest BCUT2D eigenvalue weighted by atomic mass is 16.3. The van der Waals surface area contributed by atoms with Gasteiger partial charge in [0.25, 0.3) is 11.5 Å². The molecule has 150 valence electrons. The van der Waals surface area contributed by atoms with Gasteiger partial charge in [-0.15, -0.1) is 0 Å². The van der Waals surface area contributed by atoms with Gasteiger partial charge in [-0.2, -0.15) is 0 Å².